The quantitative estimate of drug-likeness (QED) is 0.664. The van der Waals surface area contributed by atoms with Gasteiger partial charge >= 0.3 is 0 Å². The number of allylic oxidation sites excluding steroid dienone is 2. The molecule has 0 radical (unpaired) electrons. The Labute approximate surface area is 115 Å². The molecule has 1 heterocycles. The van der Waals surface area contributed by atoms with Gasteiger partial charge in [0, 0.05) is 18.8 Å². The Morgan fingerprint density at radius 1 is 1.11 bits per heavy atom. The molecule has 0 aromatic rings. The van der Waals surface area contributed by atoms with Crippen LogP contribution in [-0.4, -0.2) is 18.0 Å². The molecule has 0 bridgehead atoms. The second kappa shape index (κ2) is 8.61. The minimum atomic E-state index is 0.888. The molecule has 106 valence electrons. The molecule has 0 N–H and O–H groups in total. The van der Waals surface area contributed by atoms with Crippen molar-refractivity contribution in [3.05, 3.63) is 11.8 Å². The van der Waals surface area contributed by atoms with E-state index in [0.29, 0.717) is 0 Å². The molecule has 1 saturated heterocycles. The van der Waals surface area contributed by atoms with Crippen LogP contribution in [0.5, 0.6) is 0 Å². The SMILES string of the molecule is CC.CC/C=C(/C1CCCCC1)N1CCC(C)C1. The number of likely N-dealkylation sites (tertiary alicyclic amines) is 1. The summed E-state index contributed by atoms with van der Waals surface area (Å²) in [4.78, 5) is 2.68. The predicted octanol–water partition coefficient (Wildman–Crippen LogP) is 5.23. The molecule has 0 aromatic heterocycles. The molecule has 2 aliphatic rings. The Morgan fingerprint density at radius 2 is 1.78 bits per heavy atom. The number of nitrogens with zero attached hydrogens (tertiary/aromatic N) is 1. The predicted molar refractivity (Wildman–Crippen MR) is 81.7 cm³/mol. The average Bonchev–Trinajstić information content (AvgIpc) is 2.86. The zero-order chi connectivity index (χ0) is 13.4. The third-order valence-electron chi connectivity index (χ3n) is 4.23. The lowest BCUT2D eigenvalue weighted by atomic mass is 9.86. The van der Waals surface area contributed by atoms with Crippen LogP contribution in [0.1, 0.15) is 72.6 Å². The minimum absolute atomic E-state index is 0.888. The second-order valence-corrected chi connectivity index (χ2v) is 5.71. The van der Waals surface area contributed by atoms with E-state index in [2.05, 4.69) is 24.8 Å². The first-order valence-electron chi connectivity index (χ1n) is 8.26. The van der Waals surface area contributed by atoms with Crippen molar-refractivity contribution in [1.29, 1.82) is 0 Å². The summed E-state index contributed by atoms with van der Waals surface area (Å²) < 4.78 is 0. The van der Waals surface area contributed by atoms with Crippen molar-refractivity contribution < 1.29 is 0 Å². The van der Waals surface area contributed by atoms with Gasteiger partial charge < -0.3 is 4.90 Å². The summed E-state index contributed by atoms with van der Waals surface area (Å²) in [6.07, 6.45) is 12.4. The standard InChI is InChI=1S/C15H27N.C2H6/c1-3-7-15(14-8-5-4-6-9-14)16-11-10-13(2)12-16;1-2/h7,13-14H,3-6,8-12H2,1-2H3;1-2H3/b15-7-;. The van der Waals surface area contributed by atoms with Crippen LogP contribution in [0, 0.1) is 11.8 Å². The number of rotatable bonds is 3. The lowest BCUT2D eigenvalue weighted by Gasteiger charge is -2.32. The van der Waals surface area contributed by atoms with Crippen LogP contribution >= 0.6 is 0 Å². The van der Waals surface area contributed by atoms with Crippen molar-refractivity contribution in [1.82, 2.24) is 4.90 Å². The van der Waals surface area contributed by atoms with Gasteiger partial charge in [-0.25, -0.2) is 0 Å². The van der Waals surface area contributed by atoms with E-state index in [1.54, 1.807) is 5.70 Å². The van der Waals surface area contributed by atoms with Crippen LogP contribution in [-0.2, 0) is 0 Å². The molecule has 0 spiro atoms. The fraction of sp³-hybridized carbons (Fsp3) is 0.882. The van der Waals surface area contributed by atoms with Crippen molar-refractivity contribution in [2.45, 2.75) is 72.6 Å². The molecule has 2 rings (SSSR count). The second-order valence-electron chi connectivity index (χ2n) is 5.71. The fourth-order valence-electron chi connectivity index (χ4n) is 3.33. The Morgan fingerprint density at radius 3 is 2.28 bits per heavy atom. The molecule has 1 heteroatoms. The zero-order valence-electron chi connectivity index (χ0n) is 13.0. The van der Waals surface area contributed by atoms with E-state index >= 15 is 0 Å². The summed E-state index contributed by atoms with van der Waals surface area (Å²) in [6, 6.07) is 0. The molecule has 1 nitrogen and oxygen atoms in total. The number of hydrogen-bond acceptors (Lipinski definition) is 1. The van der Waals surface area contributed by atoms with Gasteiger partial charge in [-0.05, 0) is 37.5 Å². The summed E-state index contributed by atoms with van der Waals surface area (Å²) in [7, 11) is 0. The minimum Gasteiger partial charge on any atom is -0.375 e. The maximum atomic E-state index is 2.68. The summed E-state index contributed by atoms with van der Waals surface area (Å²) in [5.74, 6) is 1.79. The van der Waals surface area contributed by atoms with E-state index in [4.69, 9.17) is 0 Å². The maximum Gasteiger partial charge on any atom is 0.0201 e. The first-order valence-corrected chi connectivity index (χ1v) is 8.26. The highest BCUT2D eigenvalue weighted by Gasteiger charge is 2.26. The molecule has 2 fully saturated rings. The van der Waals surface area contributed by atoms with Gasteiger partial charge in [-0.3, -0.25) is 0 Å². The van der Waals surface area contributed by atoms with Crippen LogP contribution in [0.15, 0.2) is 11.8 Å². The molecule has 18 heavy (non-hydrogen) atoms. The van der Waals surface area contributed by atoms with Gasteiger partial charge in [0.05, 0.1) is 0 Å². The van der Waals surface area contributed by atoms with Crippen LogP contribution < -0.4 is 0 Å². The van der Waals surface area contributed by atoms with E-state index in [9.17, 15) is 0 Å². The van der Waals surface area contributed by atoms with Crippen molar-refractivity contribution in [3.63, 3.8) is 0 Å². The summed E-state index contributed by atoms with van der Waals surface area (Å²) in [5.41, 5.74) is 1.70. The Bertz CT molecular complexity index is 231. The molecule has 1 unspecified atom stereocenters. The third kappa shape index (κ3) is 4.33. The van der Waals surface area contributed by atoms with E-state index in [1.807, 2.05) is 13.8 Å². The Balaban J connectivity index is 0.000000771. The van der Waals surface area contributed by atoms with Gasteiger partial charge in [0.15, 0.2) is 0 Å². The van der Waals surface area contributed by atoms with Crippen LogP contribution in [0.25, 0.3) is 0 Å². The van der Waals surface area contributed by atoms with Gasteiger partial charge in [-0.2, -0.15) is 0 Å². The van der Waals surface area contributed by atoms with Crippen molar-refractivity contribution in [3.8, 4) is 0 Å². The maximum absolute atomic E-state index is 2.68. The monoisotopic (exact) mass is 251 g/mol. The Kier molecular flexibility index (Phi) is 7.46. The molecular formula is C17H33N. The van der Waals surface area contributed by atoms with E-state index in [0.717, 1.165) is 11.8 Å². The van der Waals surface area contributed by atoms with Crippen LogP contribution in [0.3, 0.4) is 0 Å². The van der Waals surface area contributed by atoms with Gasteiger partial charge in [0.2, 0.25) is 0 Å². The first-order chi connectivity index (χ1) is 8.81. The normalized spacial score (nSPS) is 25.9. The van der Waals surface area contributed by atoms with Crippen molar-refractivity contribution in [2.24, 2.45) is 11.8 Å². The summed E-state index contributed by atoms with van der Waals surface area (Å²) in [5, 5.41) is 0. The smallest absolute Gasteiger partial charge is 0.0201 e. The molecule has 1 atom stereocenters. The number of hydrogen-bond donors (Lipinski definition) is 0. The molecule has 1 aliphatic carbocycles. The molecule has 0 amide bonds. The molecule has 1 saturated carbocycles. The molecule has 1 aliphatic heterocycles. The van der Waals surface area contributed by atoms with Crippen molar-refractivity contribution >= 4 is 0 Å². The Hall–Kier alpha value is -0.460. The summed E-state index contributed by atoms with van der Waals surface area (Å²) in [6.45, 7) is 11.3. The van der Waals surface area contributed by atoms with Gasteiger partial charge in [-0.1, -0.05) is 53.0 Å². The summed E-state index contributed by atoms with van der Waals surface area (Å²) >= 11 is 0. The zero-order valence-corrected chi connectivity index (χ0v) is 13.0. The average molecular weight is 251 g/mol. The van der Waals surface area contributed by atoms with Gasteiger partial charge in [0.1, 0.15) is 0 Å². The van der Waals surface area contributed by atoms with Crippen molar-refractivity contribution in [2.75, 3.05) is 13.1 Å². The lowest BCUT2D eigenvalue weighted by molar-refractivity contribution is 0.297. The topological polar surface area (TPSA) is 3.24 Å². The van der Waals surface area contributed by atoms with E-state index in [1.165, 1.54) is 58.0 Å². The first kappa shape index (κ1) is 15.6. The van der Waals surface area contributed by atoms with E-state index < -0.39 is 0 Å². The van der Waals surface area contributed by atoms with Crippen LogP contribution in [0.4, 0.5) is 0 Å². The largest absolute Gasteiger partial charge is 0.375 e. The van der Waals surface area contributed by atoms with Crippen LogP contribution in [0.2, 0.25) is 0 Å². The van der Waals surface area contributed by atoms with E-state index in [-0.39, 0.29) is 0 Å². The fourth-order valence-corrected chi connectivity index (χ4v) is 3.33. The van der Waals surface area contributed by atoms with Gasteiger partial charge in [-0.15, -0.1) is 0 Å². The lowest BCUT2D eigenvalue weighted by Crippen LogP contribution is -2.26. The van der Waals surface area contributed by atoms with Gasteiger partial charge in [0.25, 0.3) is 0 Å². The highest BCUT2D eigenvalue weighted by Crippen LogP contribution is 2.34. The molecule has 0 aromatic carbocycles. The highest BCUT2D eigenvalue weighted by molar-refractivity contribution is 5.08. The third-order valence-corrected chi connectivity index (χ3v) is 4.23. The molecular weight excluding hydrogens is 218 g/mol. The highest BCUT2D eigenvalue weighted by atomic mass is 15.2.